The molecule has 142 valence electrons. The summed E-state index contributed by atoms with van der Waals surface area (Å²) in [6.45, 7) is -0.0309. The Labute approximate surface area is 169 Å². The Morgan fingerprint density at radius 1 is 1.21 bits per heavy atom. The predicted molar refractivity (Wildman–Crippen MR) is 108 cm³/mol. The molecule has 0 bridgehead atoms. The van der Waals surface area contributed by atoms with Crippen LogP contribution in [-0.2, 0) is 16.1 Å². The molecule has 0 radical (unpaired) electrons. The molecule has 1 amide bonds. The second-order valence-electron chi connectivity index (χ2n) is 6.19. The summed E-state index contributed by atoms with van der Waals surface area (Å²) in [5, 5.41) is 2.05. The molecular formula is C20H15ClN2O4S. The number of furan rings is 1. The number of aromatic nitrogens is 1. The molecule has 8 heteroatoms. The lowest BCUT2D eigenvalue weighted by Gasteiger charge is -2.15. The lowest BCUT2D eigenvalue weighted by molar-refractivity contribution is -0.133. The molecule has 0 unspecified atom stereocenters. The molecule has 0 aliphatic heterocycles. The van der Waals surface area contributed by atoms with E-state index in [1.165, 1.54) is 16.2 Å². The number of amides is 1. The van der Waals surface area contributed by atoms with Crippen LogP contribution < -0.4 is 0 Å². The fourth-order valence-electron chi connectivity index (χ4n) is 2.70. The van der Waals surface area contributed by atoms with Crippen molar-refractivity contribution in [3.8, 4) is 0 Å². The maximum absolute atomic E-state index is 12.3. The number of fused-ring (bicyclic) bond motifs is 2. The summed E-state index contributed by atoms with van der Waals surface area (Å²) in [6, 6.07) is 14.4. The highest BCUT2D eigenvalue weighted by Crippen LogP contribution is 2.24. The lowest BCUT2D eigenvalue weighted by atomic mass is 10.2. The maximum atomic E-state index is 12.3. The number of hydrogen-bond donors (Lipinski definition) is 0. The van der Waals surface area contributed by atoms with E-state index in [4.69, 9.17) is 20.8 Å². The fourth-order valence-corrected chi connectivity index (χ4v) is 3.90. The van der Waals surface area contributed by atoms with E-state index in [9.17, 15) is 9.59 Å². The van der Waals surface area contributed by atoms with Gasteiger partial charge < -0.3 is 14.1 Å². The van der Waals surface area contributed by atoms with Crippen LogP contribution in [0.4, 0.5) is 0 Å². The molecule has 0 saturated carbocycles. The largest absolute Gasteiger partial charge is 0.450 e. The van der Waals surface area contributed by atoms with E-state index in [1.807, 2.05) is 24.3 Å². The molecule has 0 saturated heterocycles. The topological polar surface area (TPSA) is 72.6 Å². The maximum Gasteiger partial charge on any atom is 0.374 e. The fraction of sp³-hybridized carbons (Fsp3) is 0.150. The van der Waals surface area contributed by atoms with Gasteiger partial charge in [-0.25, -0.2) is 9.78 Å². The van der Waals surface area contributed by atoms with Gasteiger partial charge in [0.1, 0.15) is 10.6 Å². The van der Waals surface area contributed by atoms with E-state index in [0.29, 0.717) is 22.5 Å². The SMILES string of the molecule is CN(Cc1nc2ccccc2s1)C(=O)COC(=O)c1cc2cc(Cl)ccc2o1. The molecule has 2 heterocycles. The smallest absolute Gasteiger partial charge is 0.374 e. The van der Waals surface area contributed by atoms with Crippen LogP contribution in [0, 0.1) is 0 Å². The zero-order valence-electron chi connectivity index (χ0n) is 14.8. The summed E-state index contributed by atoms with van der Waals surface area (Å²) in [5.74, 6) is -1.00. The van der Waals surface area contributed by atoms with Crippen molar-refractivity contribution < 1.29 is 18.7 Å². The van der Waals surface area contributed by atoms with Crippen molar-refractivity contribution in [2.24, 2.45) is 0 Å². The molecule has 0 N–H and O–H groups in total. The number of carbonyl (C=O) groups is 2. The van der Waals surface area contributed by atoms with Crippen LogP contribution in [0.2, 0.25) is 5.02 Å². The van der Waals surface area contributed by atoms with E-state index in [0.717, 1.165) is 15.2 Å². The number of likely N-dealkylation sites (N-methyl/N-ethyl adjacent to an activating group) is 1. The van der Waals surface area contributed by atoms with Gasteiger partial charge in [-0.15, -0.1) is 11.3 Å². The summed E-state index contributed by atoms with van der Waals surface area (Å²) >= 11 is 7.45. The standard InChI is InChI=1S/C20H15ClN2O4S/c1-23(10-18-22-14-4-2-3-5-17(14)28-18)19(24)11-26-20(25)16-9-12-8-13(21)6-7-15(12)27-16/h2-9H,10-11H2,1H3. The quantitative estimate of drug-likeness (QED) is 0.449. The van der Waals surface area contributed by atoms with Crippen molar-refractivity contribution in [3.05, 3.63) is 64.3 Å². The molecule has 6 nitrogen and oxygen atoms in total. The minimum Gasteiger partial charge on any atom is -0.450 e. The lowest BCUT2D eigenvalue weighted by Crippen LogP contribution is -2.30. The van der Waals surface area contributed by atoms with Crippen molar-refractivity contribution in [1.29, 1.82) is 0 Å². The van der Waals surface area contributed by atoms with Gasteiger partial charge in [0.05, 0.1) is 16.8 Å². The van der Waals surface area contributed by atoms with E-state index >= 15 is 0 Å². The average Bonchev–Trinajstić information content (AvgIpc) is 3.28. The van der Waals surface area contributed by atoms with Gasteiger partial charge in [-0.2, -0.15) is 0 Å². The highest BCUT2D eigenvalue weighted by atomic mass is 35.5. The van der Waals surface area contributed by atoms with E-state index < -0.39 is 5.97 Å². The van der Waals surface area contributed by atoms with Gasteiger partial charge in [-0.3, -0.25) is 4.79 Å². The van der Waals surface area contributed by atoms with Crippen LogP contribution in [0.25, 0.3) is 21.2 Å². The molecule has 0 fully saturated rings. The second kappa shape index (κ2) is 7.61. The minimum atomic E-state index is -0.700. The number of hydrogen-bond acceptors (Lipinski definition) is 6. The summed E-state index contributed by atoms with van der Waals surface area (Å²) in [7, 11) is 1.64. The van der Waals surface area contributed by atoms with E-state index in [2.05, 4.69) is 4.98 Å². The van der Waals surface area contributed by atoms with Gasteiger partial charge in [-0.05, 0) is 36.4 Å². The van der Waals surface area contributed by atoms with Crippen molar-refractivity contribution in [2.45, 2.75) is 6.54 Å². The van der Waals surface area contributed by atoms with Crippen LogP contribution in [0.15, 0.2) is 52.9 Å². The van der Waals surface area contributed by atoms with Gasteiger partial charge in [0, 0.05) is 17.5 Å². The highest BCUT2D eigenvalue weighted by Gasteiger charge is 2.18. The molecule has 0 spiro atoms. The van der Waals surface area contributed by atoms with Crippen LogP contribution in [0.1, 0.15) is 15.6 Å². The molecule has 28 heavy (non-hydrogen) atoms. The number of esters is 1. The van der Waals surface area contributed by atoms with Gasteiger partial charge in [-0.1, -0.05) is 23.7 Å². The van der Waals surface area contributed by atoms with Crippen molar-refractivity contribution in [1.82, 2.24) is 9.88 Å². The zero-order chi connectivity index (χ0) is 19.7. The molecule has 0 atom stereocenters. The molecule has 0 aliphatic rings. The zero-order valence-corrected chi connectivity index (χ0v) is 16.4. The van der Waals surface area contributed by atoms with Crippen molar-refractivity contribution in [2.75, 3.05) is 13.7 Å². The number of ether oxygens (including phenoxy) is 1. The first-order chi connectivity index (χ1) is 13.5. The Bertz CT molecular complexity index is 1150. The third-order valence-corrected chi connectivity index (χ3v) is 5.40. The summed E-state index contributed by atoms with van der Waals surface area (Å²) in [4.78, 5) is 30.4. The average molecular weight is 415 g/mol. The van der Waals surface area contributed by atoms with Gasteiger partial charge in [0.15, 0.2) is 6.61 Å². The molecule has 2 aromatic carbocycles. The number of para-hydroxylation sites is 1. The number of nitrogens with zero attached hydrogens (tertiary/aromatic N) is 2. The van der Waals surface area contributed by atoms with Crippen LogP contribution in [0.3, 0.4) is 0 Å². The summed E-state index contributed by atoms with van der Waals surface area (Å²) in [5.41, 5.74) is 1.43. The molecule has 4 aromatic rings. The number of thiazole rings is 1. The first kappa shape index (κ1) is 18.5. The Kier molecular flexibility index (Phi) is 5.02. The number of halogens is 1. The molecule has 4 rings (SSSR count). The van der Waals surface area contributed by atoms with Crippen molar-refractivity contribution >= 4 is 56.0 Å². The summed E-state index contributed by atoms with van der Waals surface area (Å²) < 4.78 is 11.6. The first-order valence-corrected chi connectivity index (χ1v) is 9.64. The normalized spacial score (nSPS) is 11.1. The van der Waals surface area contributed by atoms with E-state index in [1.54, 1.807) is 31.3 Å². The Balaban J connectivity index is 1.36. The van der Waals surface area contributed by atoms with Crippen LogP contribution in [0.5, 0.6) is 0 Å². The Morgan fingerprint density at radius 2 is 2.04 bits per heavy atom. The third-order valence-electron chi connectivity index (χ3n) is 4.14. The van der Waals surface area contributed by atoms with Crippen molar-refractivity contribution in [3.63, 3.8) is 0 Å². The third kappa shape index (κ3) is 3.85. The monoisotopic (exact) mass is 414 g/mol. The first-order valence-electron chi connectivity index (χ1n) is 8.44. The van der Waals surface area contributed by atoms with Gasteiger partial charge in [0.25, 0.3) is 5.91 Å². The Hall–Kier alpha value is -2.90. The molecule has 2 aromatic heterocycles. The number of benzene rings is 2. The highest BCUT2D eigenvalue weighted by molar-refractivity contribution is 7.18. The molecule has 0 aliphatic carbocycles. The van der Waals surface area contributed by atoms with Crippen LogP contribution in [-0.4, -0.2) is 35.4 Å². The number of rotatable bonds is 5. The van der Waals surface area contributed by atoms with Crippen LogP contribution >= 0.6 is 22.9 Å². The second-order valence-corrected chi connectivity index (χ2v) is 7.75. The van der Waals surface area contributed by atoms with Gasteiger partial charge >= 0.3 is 5.97 Å². The number of carbonyl (C=O) groups excluding carboxylic acids is 2. The summed E-state index contributed by atoms with van der Waals surface area (Å²) in [6.07, 6.45) is 0. The minimum absolute atomic E-state index is 0.0268. The van der Waals surface area contributed by atoms with Gasteiger partial charge in [0.2, 0.25) is 5.76 Å². The molecular weight excluding hydrogens is 400 g/mol. The predicted octanol–water partition coefficient (Wildman–Crippen LogP) is 4.51. The Morgan fingerprint density at radius 3 is 2.86 bits per heavy atom. The van der Waals surface area contributed by atoms with E-state index in [-0.39, 0.29) is 18.3 Å².